The maximum absolute atomic E-state index is 11.5. The average Bonchev–Trinajstić information content (AvgIpc) is 2.99. The lowest BCUT2D eigenvalue weighted by atomic mass is 9.73. The molecule has 2 aromatic rings. The van der Waals surface area contributed by atoms with Gasteiger partial charge in [0, 0.05) is 0 Å². The van der Waals surface area contributed by atoms with Gasteiger partial charge in [-0.25, -0.2) is 4.98 Å². The van der Waals surface area contributed by atoms with Crippen LogP contribution in [0.3, 0.4) is 0 Å². The van der Waals surface area contributed by atoms with E-state index in [1.165, 1.54) is 0 Å². The standard InChI is InChI=1S/C13H13ClN4O/c14-7-1-2-8-10(9(7)11(15)19)18-12(17-8)13-3-6(4-13)5-16-13/h1-2,6,16H,3-5H2,(H2,15,19)(H,17,18). The van der Waals surface area contributed by atoms with Crippen molar-refractivity contribution in [3.05, 3.63) is 28.5 Å². The molecule has 5 nitrogen and oxygen atoms in total. The van der Waals surface area contributed by atoms with Crippen molar-refractivity contribution in [2.45, 2.75) is 18.4 Å². The van der Waals surface area contributed by atoms with Crippen molar-refractivity contribution in [1.82, 2.24) is 15.3 Å². The molecule has 1 aromatic heterocycles. The molecule has 98 valence electrons. The number of hydrogen-bond donors (Lipinski definition) is 3. The van der Waals surface area contributed by atoms with Crippen LogP contribution >= 0.6 is 11.6 Å². The number of imidazole rings is 1. The first-order valence-electron chi connectivity index (χ1n) is 6.33. The van der Waals surface area contributed by atoms with Crippen molar-refractivity contribution in [2.24, 2.45) is 11.7 Å². The third-order valence-corrected chi connectivity index (χ3v) is 4.62. The number of carbonyl (C=O) groups is 1. The maximum Gasteiger partial charge on any atom is 0.252 e. The van der Waals surface area contributed by atoms with E-state index in [0.717, 1.165) is 36.6 Å². The van der Waals surface area contributed by atoms with E-state index in [-0.39, 0.29) is 5.54 Å². The first kappa shape index (κ1) is 11.3. The molecule has 4 N–H and O–H groups in total. The zero-order valence-electron chi connectivity index (χ0n) is 10.2. The van der Waals surface area contributed by atoms with E-state index in [0.29, 0.717) is 16.1 Å². The van der Waals surface area contributed by atoms with Crippen LogP contribution in [0.25, 0.3) is 11.0 Å². The second-order valence-corrected chi connectivity index (χ2v) is 5.91. The highest BCUT2D eigenvalue weighted by Gasteiger charge is 2.53. The topological polar surface area (TPSA) is 83.8 Å². The highest BCUT2D eigenvalue weighted by Crippen LogP contribution is 2.50. The molecule has 0 spiro atoms. The van der Waals surface area contributed by atoms with Crippen molar-refractivity contribution in [3.8, 4) is 0 Å². The number of rotatable bonds is 2. The van der Waals surface area contributed by atoms with Gasteiger partial charge in [0.2, 0.25) is 0 Å². The molecule has 2 aliphatic heterocycles. The minimum atomic E-state index is -0.544. The summed E-state index contributed by atoms with van der Waals surface area (Å²) in [6.45, 7) is 1.04. The summed E-state index contributed by atoms with van der Waals surface area (Å²) < 4.78 is 0. The van der Waals surface area contributed by atoms with Crippen LogP contribution in [0.4, 0.5) is 0 Å². The van der Waals surface area contributed by atoms with E-state index in [4.69, 9.17) is 17.3 Å². The molecule has 2 saturated heterocycles. The Morgan fingerprint density at radius 3 is 2.89 bits per heavy atom. The van der Waals surface area contributed by atoms with E-state index < -0.39 is 5.91 Å². The summed E-state index contributed by atoms with van der Waals surface area (Å²) in [5, 5.41) is 3.85. The molecule has 1 aromatic carbocycles. The fraction of sp³-hybridized carbons (Fsp3) is 0.385. The van der Waals surface area contributed by atoms with E-state index in [2.05, 4.69) is 15.3 Å². The number of primary amides is 1. The van der Waals surface area contributed by atoms with Crippen LogP contribution in [0.5, 0.6) is 0 Å². The Morgan fingerprint density at radius 1 is 1.47 bits per heavy atom. The van der Waals surface area contributed by atoms with Gasteiger partial charge in [-0.05, 0) is 37.4 Å². The van der Waals surface area contributed by atoms with E-state index in [1.807, 2.05) is 6.07 Å². The van der Waals surface area contributed by atoms with Gasteiger partial charge in [-0.15, -0.1) is 0 Å². The van der Waals surface area contributed by atoms with Crippen LogP contribution in [-0.2, 0) is 5.54 Å². The molecule has 2 bridgehead atoms. The lowest BCUT2D eigenvalue weighted by Gasteiger charge is -2.35. The number of amides is 1. The van der Waals surface area contributed by atoms with Crippen LogP contribution in [0.1, 0.15) is 29.0 Å². The average molecular weight is 277 g/mol. The molecule has 3 aliphatic rings. The van der Waals surface area contributed by atoms with Crippen LogP contribution in [-0.4, -0.2) is 22.4 Å². The summed E-state index contributed by atoms with van der Waals surface area (Å²) in [6, 6.07) is 3.51. The SMILES string of the molecule is NC(=O)c1c(Cl)ccc2[nH]c(C34CC(CN3)C4)nc12. The van der Waals surface area contributed by atoms with Crippen molar-refractivity contribution in [1.29, 1.82) is 0 Å². The Balaban J connectivity index is 1.92. The minimum absolute atomic E-state index is 0.0366. The van der Waals surface area contributed by atoms with E-state index >= 15 is 0 Å². The molecule has 0 radical (unpaired) electrons. The fourth-order valence-corrected chi connectivity index (χ4v) is 3.59. The van der Waals surface area contributed by atoms with Gasteiger partial charge in [0.1, 0.15) is 11.3 Å². The Bertz CT molecular complexity index is 696. The van der Waals surface area contributed by atoms with Crippen molar-refractivity contribution >= 4 is 28.5 Å². The Kier molecular flexibility index (Phi) is 2.07. The lowest BCUT2D eigenvalue weighted by molar-refractivity contribution is 0.100. The first-order valence-corrected chi connectivity index (χ1v) is 6.70. The van der Waals surface area contributed by atoms with Gasteiger partial charge in [0.05, 0.1) is 21.6 Å². The molecule has 1 amide bonds. The number of nitrogens with one attached hydrogen (secondary N) is 2. The summed E-state index contributed by atoms with van der Waals surface area (Å²) >= 11 is 6.04. The zero-order valence-corrected chi connectivity index (χ0v) is 10.9. The molecule has 19 heavy (non-hydrogen) atoms. The molecule has 6 heteroatoms. The number of benzene rings is 1. The second kappa shape index (κ2) is 3.49. The molecule has 3 fully saturated rings. The number of hydrogen-bond acceptors (Lipinski definition) is 3. The van der Waals surface area contributed by atoms with Crippen LogP contribution < -0.4 is 11.1 Å². The maximum atomic E-state index is 11.5. The number of nitrogens with two attached hydrogens (primary N) is 1. The zero-order chi connectivity index (χ0) is 13.2. The fourth-order valence-electron chi connectivity index (χ4n) is 3.34. The predicted octanol–water partition coefficient (Wildman–Crippen LogP) is 1.52. The lowest BCUT2D eigenvalue weighted by Crippen LogP contribution is -2.41. The molecule has 5 rings (SSSR count). The number of aromatic nitrogens is 2. The second-order valence-electron chi connectivity index (χ2n) is 5.51. The Morgan fingerprint density at radius 2 is 2.26 bits per heavy atom. The number of aromatic amines is 1. The van der Waals surface area contributed by atoms with Crippen LogP contribution in [0.2, 0.25) is 5.02 Å². The third kappa shape index (κ3) is 1.40. The highest BCUT2D eigenvalue weighted by atomic mass is 35.5. The monoisotopic (exact) mass is 276 g/mol. The summed E-state index contributed by atoms with van der Waals surface area (Å²) in [6.07, 6.45) is 2.21. The summed E-state index contributed by atoms with van der Waals surface area (Å²) in [4.78, 5) is 19.4. The molecule has 1 aliphatic carbocycles. The number of H-pyrrole nitrogens is 1. The highest BCUT2D eigenvalue weighted by molar-refractivity contribution is 6.35. The predicted molar refractivity (Wildman–Crippen MR) is 72.0 cm³/mol. The Labute approximate surface area is 114 Å². The van der Waals surface area contributed by atoms with Crippen LogP contribution in [0.15, 0.2) is 12.1 Å². The number of fused-ring (bicyclic) bond motifs is 2. The largest absolute Gasteiger partial charge is 0.365 e. The van der Waals surface area contributed by atoms with Gasteiger partial charge < -0.3 is 16.0 Å². The number of halogens is 1. The molecular weight excluding hydrogens is 264 g/mol. The quantitative estimate of drug-likeness (QED) is 0.778. The minimum Gasteiger partial charge on any atom is -0.365 e. The normalized spacial score (nSPS) is 28.6. The van der Waals surface area contributed by atoms with Gasteiger partial charge >= 0.3 is 0 Å². The third-order valence-electron chi connectivity index (χ3n) is 4.31. The van der Waals surface area contributed by atoms with Gasteiger partial charge in [0.15, 0.2) is 0 Å². The summed E-state index contributed by atoms with van der Waals surface area (Å²) in [7, 11) is 0. The van der Waals surface area contributed by atoms with E-state index in [9.17, 15) is 4.79 Å². The number of nitrogens with zero attached hydrogens (tertiary/aromatic N) is 1. The van der Waals surface area contributed by atoms with Gasteiger partial charge in [0.25, 0.3) is 5.91 Å². The molecule has 3 heterocycles. The van der Waals surface area contributed by atoms with Crippen molar-refractivity contribution in [2.75, 3.05) is 6.54 Å². The first-order chi connectivity index (χ1) is 9.09. The molecule has 0 unspecified atom stereocenters. The number of carbonyl (C=O) groups excluding carboxylic acids is 1. The molecule has 0 atom stereocenters. The van der Waals surface area contributed by atoms with Gasteiger partial charge in [-0.2, -0.15) is 0 Å². The van der Waals surface area contributed by atoms with Gasteiger partial charge in [-0.3, -0.25) is 4.79 Å². The smallest absolute Gasteiger partial charge is 0.252 e. The van der Waals surface area contributed by atoms with Crippen molar-refractivity contribution in [3.63, 3.8) is 0 Å². The van der Waals surface area contributed by atoms with Crippen molar-refractivity contribution < 1.29 is 4.79 Å². The molecular formula is C13H13ClN4O. The van der Waals surface area contributed by atoms with Crippen LogP contribution in [0, 0.1) is 5.92 Å². The Hall–Kier alpha value is -1.59. The summed E-state index contributed by atoms with van der Waals surface area (Å²) in [5.41, 5.74) is 7.03. The molecule has 1 saturated carbocycles. The van der Waals surface area contributed by atoms with Gasteiger partial charge in [-0.1, -0.05) is 11.6 Å². The van der Waals surface area contributed by atoms with E-state index in [1.54, 1.807) is 6.07 Å². The summed E-state index contributed by atoms with van der Waals surface area (Å²) in [5.74, 6) is 1.10.